The van der Waals surface area contributed by atoms with Crippen molar-refractivity contribution in [3.05, 3.63) is 54.0 Å². The van der Waals surface area contributed by atoms with Crippen LogP contribution in [0.2, 0.25) is 0 Å². The van der Waals surface area contributed by atoms with E-state index in [-0.39, 0.29) is 11.8 Å². The SMILES string of the molecule is CCOc1ccccc1C(=O)N1CCCN(c2ncccc2-c2nc(C(C)C)no2)CC1. The zero-order chi connectivity index (χ0) is 22.5. The molecule has 2 aromatic heterocycles. The molecule has 32 heavy (non-hydrogen) atoms. The molecule has 4 rings (SSSR count). The molecule has 0 bridgehead atoms. The molecule has 0 atom stereocenters. The van der Waals surface area contributed by atoms with Crippen molar-refractivity contribution in [1.29, 1.82) is 0 Å². The fourth-order valence-electron chi connectivity index (χ4n) is 3.82. The van der Waals surface area contributed by atoms with Gasteiger partial charge in [0, 0.05) is 38.3 Å². The van der Waals surface area contributed by atoms with Crippen LogP contribution in [0.4, 0.5) is 5.82 Å². The van der Waals surface area contributed by atoms with Gasteiger partial charge in [-0.1, -0.05) is 31.1 Å². The third kappa shape index (κ3) is 4.59. The summed E-state index contributed by atoms with van der Waals surface area (Å²) in [5.74, 6) is 2.76. The lowest BCUT2D eigenvalue weighted by atomic mass is 10.1. The molecule has 1 aromatic carbocycles. The van der Waals surface area contributed by atoms with E-state index in [0.717, 1.165) is 24.3 Å². The minimum absolute atomic E-state index is 0.00405. The van der Waals surface area contributed by atoms with Gasteiger partial charge in [-0.05, 0) is 37.6 Å². The van der Waals surface area contributed by atoms with Gasteiger partial charge in [-0.15, -0.1) is 0 Å². The van der Waals surface area contributed by atoms with Gasteiger partial charge in [0.15, 0.2) is 5.82 Å². The highest BCUT2D eigenvalue weighted by molar-refractivity contribution is 5.97. The summed E-state index contributed by atoms with van der Waals surface area (Å²) in [4.78, 5) is 26.5. The molecule has 0 spiro atoms. The first-order valence-corrected chi connectivity index (χ1v) is 11.1. The van der Waals surface area contributed by atoms with Crippen molar-refractivity contribution in [3.8, 4) is 17.2 Å². The van der Waals surface area contributed by atoms with Crippen LogP contribution in [-0.2, 0) is 0 Å². The standard InChI is InChI=1S/C24H29N5O3/c1-4-31-20-11-6-5-9-18(20)24(30)29-14-8-13-28(15-16-29)22-19(10-7-12-25-22)23-26-21(17(2)3)27-32-23/h5-7,9-12,17H,4,8,13-16H2,1-3H3. The van der Waals surface area contributed by atoms with E-state index in [4.69, 9.17) is 9.26 Å². The minimum Gasteiger partial charge on any atom is -0.493 e. The third-order valence-corrected chi connectivity index (χ3v) is 5.48. The molecule has 168 valence electrons. The minimum atomic E-state index is -0.00405. The first-order valence-electron chi connectivity index (χ1n) is 11.1. The van der Waals surface area contributed by atoms with Gasteiger partial charge in [-0.3, -0.25) is 4.79 Å². The van der Waals surface area contributed by atoms with Crippen molar-refractivity contribution >= 4 is 11.7 Å². The molecule has 1 amide bonds. The molecule has 1 aliphatic heterocycles. The fraction of sp³-hybridized carbons (Fsp3) is 0.417. The maximum Gasteiger partial charge on any atom is 0.261 e. The lowest BCUT2D eigenvalue weighted by molar-refractivity contribution is 0.0763. The second-order valence-corrected chi connectivity index (χ2v) is 8.05. The summed E-state index contributed by atoms with van der Waals surface area (Å²) in [6.07, 6.45) is 2.60. The smallest absolute Gasteiger partial charge is 0.261 e. The van der Waals surface area contributed by atoms with Gasteiger partial charge < -0.3 is 19.1 Å². The molecule has 1 fully saturated rings. The van der Waals surface area contributed by atoms with Gasteiger partial charge in [0.05, 0.1) is 17.7 Å². The van der Waals surface area contributed by atoms with Crippen LogP contribution in [0.1, 0.15) is 49.3 Å². The number of rotatable bonds is 6. The Bertz CT molecular complexity index is 1070. The van der Waals surface area contributed by atoms with Gasteiger partial charge in [0.2, 0.25) is 0 Å². The van der Waals surface area contributed by atoms with Crippen molar-refractivity contribution < 1.29 is 14.1 Å². The van der Waals surface area contributed by atoms with Crippen LogP contribution in [-0.4, -0.2) is 58.7 Å². The number of carbonyl (C=O) groups excluding carboxylic acids is 1. The number of carbonyl (C=O) groups is 1. The molecule has 0 radical (unpaired) electrons. The van der Waals surface area contributed by atoms with E-state index in [1.165, 1.54) is 0 Å². The molecule has 3 aromatic rings. The van der Waals surface area contributed by atoms with Crippen LogP contribution in [0, 0.1) is 0 Å². The molecule has 8 nitrogen and oxygen atoms in total. The number of pyridine rings is 1. The van der Waals surface area contributed by atoms with Crippen LogP contribution in [0.15, 0.2) is 47.1 Å². The highest BCUT2D eigenvalue weighted by Crippen LogP contribution is 2.29. The molecule has 0 saturated carbocycles. The lowest BCUT2D eigenvalue weighted by Gasteiger charge is -2.24. The fourth-order valence-corrected chi connectivity index (χ4v) is 3.82. The Morgan fingerprint density at radius 3 is 2.75 bits per heavy atom. The molecule has 1 aliphatic rings. The Labute approximate surface area is 188 Å². The number of para-hydroxylation sites is 1. The first kappa shape index (κ1) is 21.8. The number of hydrogen-bond donors (Lipinski definition) is 0. The van der Waals surface area contributed by atoms with Gasteiger partial charge in [-0.2, -0.15) is 4.98 Å². The Morgan fingerprint density at radius 2 is 1.97 bits per heavy atom. The van der Waals surface area contributed by atoms with Crippen LogP contribution in [0.25, 0.3) is 11.5 Å². The summed E-state index contributed by atoms with van der Waals surface area (Å²) < 4.78 is 11.2. The maximum atomic E-state index is 13.2. The largest absolute Gasteiger partial charge is 0.493 e. The Balaban J connectivity index is 1.53. The van der Waals surface area contributed by atoms with E-state index in [1.807, 2.05) is 62.1 Å². The molecule has 3 heterocycles. The number of aromatic nitrogens is 3. The van der Waals surface area contributed by atoms with Gasteiger partial charge in [0.1, 0.15) is 11.6 Å². The quantitative estimate of drug-likeness (QED) is 0.578. The average molecular weight is 436 g/mol. The molecule has 0 aliphatic carbocycles. The molecular weight excluding hydrogens is 406 g/mol. The summed E-state index contributed by atoms with van der Waals surface area (Å²) in [6, 6.07) is 11.3. The Morgan fingerprint density at radius 1 is 1.12 bits per heavy atom. The van der Waals surface area contributed by atoms with Crippen LogP contribution in [0.5, 0.6) is 5.75 Å². The van der Waals surface area contributed by atoms with Crippen LogP contribution < -0.4 is 9.64 Å². The average Bonchev–Trinajstić information content (AvgIpc) is 3.18. The highest BCUT2D eigenvalue weighted by Gasteiger charge is 2.25. The van der Waals surface area contributed by atoms with E-state index < -0.39 is 0 Å². The molecule has 1 saturated heterocycles. The van der Waals surface area contributed by atoms with E-state index in [2.05, 4.69) is 20.0 Å². The second kappa shape index (κ2) is 9.80. The third-order valence-electron chi connectivity index (χ3n) is 5.48. The Hall–Kier alpha value is -3.42. The van der Waals surface area contributed by atoms with Crippen LogP contribution in [0.3, 0.4) is 0 Å². The number of benzene rings is 1. The maximum absolute atomic E-state index is 13.2. The van der Waals surface area contributed by atoms with E-state index in [9.17, 15) is 4.79 Å². The number of ether oxygens (including phenoxy) is 1. The predicted molar refractivity (Wildman–Crippen MR) is 122 cm³/mol. The number of nitrogens with zero attached hydrogens (tertiary/aromatic N) is 5. The topological polar surface area (TPSA) is 84.6 Å². The zero-order valence-corrected chi connectivity index (χ0v) is 18.8. The summed E-state index contributed by atoms with van der Waals surface area (Å²) in [7, 11) is 0. The van der Waals surface area contributed by atoms with Crippen LogP contribution >= 0.6 is 0 Å². The number of hydrogen-bond acceptors (Lipinski definition) is 7. The molecular formula is C24H29N5O3. The highest BCUT2D eigenvalue weighted by atomic mass is 16.5. The van der Waals surface area contributed by atoms with E-state index in [1.54, 1.807) is 6.20 Å². The Kier molecular flexibility index (Phi) is 6.68. The van der Waals surface area contributed by atoms with Gasteiger partial charge in [0.25, 0.3) is 11.8 Å². The summed E-state index contributed by atoms with van der Waals surface area (Å²) in [5, 5.41) is 4.09. The van der Waals surface area contributed by atoms with Gasteiger partial charge in [-0.25, -0.2) is 4.98 Å². The summed E-state index contributed by atoms with van der Waals surface area (Å²) in [6.45, 7) is 9.22. The normalized spacial score (nSPS) is 14.5. The van der Waals surface area contributed by atoms with Gasteiger partial charge >= 0.3 is 0 Å². The predicted octanol–water partition coefficient (Wildman–Crippen LogP) is 4.01. The van der Waals surface area contributed by atoms with Crippen molar-refractivity contribution in [1.82, 2.24) is 20.0 Å². The van der Waals surface area contributed by atoms with Crippen molar-refractivity contribution in [2.75, 3.05) is 37.7 Å². The zero-order valence-electron chi connectivity index (χ0n) is 18.8. The summed E-state index contributed by atoms with van der Waals surface area (Å²) in [5.41, 5.74) is 1.42. The van der Waals surface area contributed by atoms with Crippen molar-refractivity contribution in [2.24, 2.45) is 0 Å². The van der Waals surface area contributed by atoms with E-state index in [0.29, 0.717) is 49.3 Å². The number of anilines is 1. The van der Waals surface area contributed by atoms with Crippen molar-refractivity contribution in [3.63, 3.8) is 0 Å². The number of amides is 1. The monoisotopic (exact) mass is 435 g/mol. The first-order chi connectivity index (χ1) is 15.6. The lowest BCUT2D eigenvalue weighted by Crippen LogP contribution is -2.35. The molecule has 0 unspecified atom stereocenters. The second-order valence-electron chi connectivity index (χ2n) is 8.05. The van der Waals surface area contributed by atoms with E-state index >= 15 is 0 Å². The van der Waals surface area contributed by atoms with Crippen molar-refractivity contribution in [2.45, 2.75) is 33.1 Å². The summed E-state index contributed by atoms with van der Waals surface area (Å²) >= 11 is 0. The molecule has 0 N–H and O–H groups in total. The molecule has 8 heteroatoms.